The van der Waals surface area contributed by atoms with Crippen molar-refractivity contribution >= 4 is 17.6 Å². The minimum atomic E-state index is -0.772. The van der Waals surface area contributed by atoms with Crippen molar-refractivity contribution in [3.63, 3.8) is 0 Å². The van der Waals surface area contributed by atoms with E-state index in [2.05, 4.69) is 0 Å². The second kappa shape index (κ2) is 3.83. The van der Waals surface area contributed by atoms with Crippen LogP contribution in [0.3, 0.4) is 0 Å². The van der Waals surface area contributed by atoms with Crippen LogP contribution in [0, 0.1) is 5.92 Å². The summed E-state index contributed by atoms with van der Waals surface area (Å²) in [4.78, 5) is 10.9. The van der Waals surface area contributed by atoms with Crippen molar-refractivity contribution in [3.05, 3.63) is 34.3 Å². The SMILES string of the molecule is N[C@H]1C[C@H](C(=O)O)Cc2ccc(Cl)cc21. The largest absolute Gasteiger partial charge is 0.481 e. The first-order chi connectivity index (χ1) is 7.08. The molecule has 0 unspecified atom stereocenters. The number of hydrogen-bond acceptors (Lipinski definition) is 2. The van der Waals surface area contributed by atoms with Crippen LogP contribution in [0.5, 0.6) is 0 Å². The summed E-state index contributed by atoms with van der Waals surface area (Å²) in [7, 11) is 0. The van der Waals surface area contributed by atoms with Crippen LogP contribution >= 0.6 is 11.6 Å². The lowest BCUT2D eigenvalue weighted by molar-refractivity contribution is -0.142. The normalized spacial score (nSPS) is 24.7. The van der Waals surface area contributed by atoms with Gasteiger partial charge in [-0.2, -0.15) is 0 Å². The van der Waals surface area contributed by atoms with Gasteiger partial charge in [0.15, 0.2) is 0 Å². The minimum Gasteiger partial charge on any atom is -0.481 e. The molecule has 1 aliphatic carbocycles. The number of nitrogens with two attached hydrogens (primary N) is 1. The Hall–Kier alpha value is -1.06. The molecule has 0 aliphatic heterocycles. The van der Waals surface area contributed by atoms with Gasteiger partial charge in [-0.25, -0.2) is 0 Å². The molecular formula is C11H12ClNO2. The van der Waals surface area contributed by atoms with Crippen molar-refractivity contribution in [1.29, 1.82) is 0 Å². The molecule has 15 heavy (non-hydrogen) atoms. The quantitative estimate of drug-likeness (QED) is 0.768. The van der Waals surface area contributed by atoms with Crippen LogP contribution in [0.2, 0.25) is 5.02 Å². The van der Waals surface area contributed by atoms with Gasteiger partial charge in [0.25, 0.3) is 0 Å². The highest BCUT2D eigenvalue weighted by Gasteiger charge is 2.28. The first-order valence-corrected chi connectivity index (χ1v) is 5.22. The number of benzene rings is 1. The Morgan fingerprint density at radius 3 is 2.93 bits per heavy atom. The van der Waals surface area contributed by atoms with E-state index in [-0.39, 0.29) is 12.0 Å². The smallest absolute Gasteiger partial charge is 0.306 e. The van der Waals surface area contributed by atoms with Crippen molar-refractivity contribution in [3.8, 4) is 0 Å². The van der Waals surface area contributed by atoms with E-state index < -0.39 is 5.97 Å². The number of halogens is 1. The second-order valence-corrected chi connectivity index (χ2v) is 4.36. The number of hydrogen-bond donors (Lipinski definition) is 2. The molecule has 2 rings (SSSR count). The van der Waals surface area contributed by atoms with E-state index in [1.165, 1.54) is 0 Å². The fourth-order valence-corrected chi connectivity index (χ4v) is 2.25. The maximum atomic E-state index is 10.9. The van der Waals surface area contributed by atoms with Crippen LogP contribution in [0.1, 0.15) is 23.6 Å². The zero-order chi connectivity index (χ0) is 11.0. The molecule has 80 valence electrons. The zero-order valence-electron chi connectivity index (χ0n) is 8.11. The Labute approximate surface area is 92.8 Å². The van der Waals surface area contributed by atoms with E-state index in [9.17, 15) is 4.79 Å². The van der Waals surface area contributed by atoms with Crippen LogP contribution < -0.4 is 5.73 Å². The van der Waals surface area contributed by atoms with Gasteiger partial charge in [0.1, 0.15) is 0 Å². The van der Waals surface area contributed by atoms with Crippen LogP contribution in [0.25, 0.3) is 0 Å². The van der Waals surface area contributed by atoms with Gasteiger partial charge in [0.2, 0.25) is 0 Å². The molecule has 0 fully saturated rings. The molecule has 0 saturated heterocycles. The zero-order valence-corrected chi connectivity index (χ0v) is 8.87. The van der Waals surface area contributed by atoms with Gasteiger partial charge in [-0.15, -0.1) is 0 Å². The van der Waals surface area contributed by atoms with Gasteiger partial charge >= 0.3 is 5.97 Å². The third kappa shape index (κ3) is 1.98. The van der Waals surface area contributed by atoms with Gasteiger partial charge in [-0.3, -0.25) is 4.79 Å². The lowest BCUT2D eigenvalue weighted by Gasteiger charge is -2.27. The molecule has 0 bridgehead atoms. The summed E-state index contributed by atoms with van der Waals surface area (Å²) in [5, 5.41) is 9.61. The monoisotopic (exact) mass is 225 g/mol. The number of carboxylic acids is 1. The fraction of sp³-hybridized carbons (Fsp3) is 0.364. The summed E-state index contributed by atoms with van der Waals surface area (Å²) in [5.41, 5.74) is 7.91. The first-order valence-electron chi connectivity index (χ1n) is 4.84. The molecule has 0 amide bonds. The Morgan fingerprint density at radius 2 is 2.27 bits per heavy atom. The highest BCUT2D eigenvalue weighted by molar-refractivity contribution is 6.30. The average Bonchev–Trinajstić information content (AvgIpc) is 2.18. The van der Waals surface area contributed by atoms with E-state index in [0.29, 0.717) is 17.9 Å². The molecule has 3 nitrogen and oxygen atoms in total. The molecule has 3 N–H and O–H groups in total. The second-order valence-electron chi connectivity index (χ2n) is 3.92. The average molecular weight is 226 g/mol. The molecule has 0 radical (unpaired) electrons. The van der Waals surface area contributed by atoms with Gasteiger partial charge < -0.3 is 10.8 Å². The van der Waals surface area contributed by atoms with Gasteiger partial charge in [0.05, 0.1) is 5.92 Å². The third-order valence-corrected chi connectivity index (χ3v) is 3.10. The van der Waals surface area contributed by atoms with Gasteiger partial charge in [0, 0.05) is 11.1 Å². The number of aliphatic carboxylic acids is 1. The topological polar surface area (TPSA) is 63.3 Å². The van der Waals surface area contributed by atoms with Gasteiger partial charge in [-0.05, 0) is 36.1 Å². The number of fused-ring (bicyclic) bond motifs is 1. The molecule has 0 aromatic heterocycles. The Bertz CT molecular complexity index is 406. The van der Waals surface area contributed by atoms with E-state index in [4.69, 9.17) is 22.4 Å². The molecule has 1 aliphatic rings. The van der Waals surface area contributed by atoms with Crippen LogP contribution in [0.4, 0.5) is 0 Å². The Balaban J connectivity index is 2.36. The molecule has 1 aromatic rings. The number of carbonyl (C=O) groups is 1. The summed E-state index contributed by atoms with van der Waals surface area (Å²) < 4.78 is 0. The lowest BCUT2D eigenvalue weighted by Crippen LogP contribution is -2.28. The predicted molar refractivity (Wildman–Crippen MR) is 57.8 cm³/mol. The number of carboxylic acid groups (broad SMARTS) is 1. The highest BCUT2D eigenvalue weighted by Crippen LogP contribution is 2.33. The lowest BCUT2D eigenvalue weighted by atomic mass is 9.81. The van der Waals surface area contributed by atoms with Crippen LogP contribution in [-0.2, 0) is 11.2 Å². The summed E-state index contributed by atoms with van der Waals surface area (Å²) in [6, 6.07) is 5.26. The first kappa shape index (κ1) is 10.5. The maximum absolute atomic E-state index is 10.9. The van der Waals surface area contributed by atoms with Crippen molar-refractivity contribution in [2.24, 2.45) is 11.7 Å². The predicted octanol–water partition coefficient (Wildman–Crippen LogP) is 1.99. The minimum absolute atomic E-state index is 0.214. The van der Waals surface area contributed by atoms with Crippen LogP contribution in [-0.4, -0.2) is 11.1 Å². The third-order valence-electron chi connectivity index (χ3n) is 2.86. The molecule has 2 atom stereocenters. The van der Waals surface area contributed by atoms with Crippen LogP contribution in [0.15, 0.2) is 18.2 Å². The van der Waals surface area contributed by atoms with E-state index >= 15 is 0 Å². The Morgan fingerprint density at radius 1 is 1.53 bits per heavy atom. The van der Waals surface area contributed by atoms with E-state index in [1.54, 1.807) is 6.07 Å². The molecule has 4 heteroatoms. The standard InChI is InChI=1S/C11H12ClNO2/c12-8-2-1-6-3-7(11(14)15)4-10(13)9(6)5-8/h1-2,5,7,10H,3-4,13H2,(H,14,15)/t7-,10+/m1/s1. The maximum Gasteiger partial charge on any atom is 0.306 e. The van der Waals surface area contributed by atoms with Crippen molar-refractivity contribution in [1.82, 2.24) is 0 Å². The number of rotatable bonds is 1. The molecular weight excluding hydrogens is 214 g/mol. The van der Waals surface area contributed by atoms with Gasteiger partial charge in [-0.1, -0.05) is 17.7 Å². The highest BCUT2D eigenvalue weighted by atomic mass is 35.5. The molecule has 0 saturated carbocycles. The van der Waals surface area contributed by atoms with Crippen molar-refractivity contribution in [2.75, 3.05) is 0 Å². The van der Waals surface area contributed by atoms with Crippen molar-refractivity contribution in [2.45, 2.75) is 18.9 Å². The Kier molecular flexibility index (Phi) is 2.67. The molecule has 0 spiro atoms. The molecule has 0 heterocycles. The fourth-order valence-electron chi connectivity index (χ4n) is 2.07. The van der Waals surface area contributed by atoms with Crippen molar-refractivity contribution < 1.29 is 9.90 Å². The van der Waals surface area contributed by atoms with E-state index in [0.717, 1.165) is 11.1 Å². The summed E-state index contributed by atoms with van der Waals surface area (Å²) in [6.45, 7) is 0. The van der Waals surface area contributed by atoms with E-state index in [1.807, 2.05) is 12.1 Å². The summed E-state index contributed by atoms with van der Waals surface area (Å²) in [6.07, 6.45) is 1.04. The summed E-state index contributed by atoms with van der Waals surface area (Å²) >= 11 is 5.87. The molecule has 1 aromatic carbocycles. The summed E-state index contributed by atoms with van der Waals surface area (Å²) in [5.74, 6) is -1.14.